The van der Waals surface area contributed by atoms with Gasteiger partial charge in [-0.25, -0.2) is 0 Å². The molecule has 0 aromatic heterocycles. The lowest BCUT2D eigenvalue weighted by atomic mass is 10.0. The van der Waals surface area contributed by atoms with Gasteiger partial charge in [0.15, 0.2) is 0 Å². The van der Waals surface area contributed by atoms with Crippen molar-refractivity contribution < 1.29 is 0 Å². The van der Waals surface area contributed by atoms with Gasteiger partial charge in [0, 0.05) is 17.3 Å². The van der Waals surface area contributed by atoms with Gasteiger partial charge in [-0.05, 0) is 29.3 Å². The van der Waals surface area contributed by atoms with Crippen molar-refractivity contribution in [2.75, 3.05) is 5.33 Å². The normalized spacial score (nSPS) is 9.88. The average molecular weight is 273 g/mol. The van der Waals surface area contributed by atoms with Crippen LogP contribution in [0.15, 0.2) is 36.4 Å². The van der Waals surface area contributed by atoms with Crippen LogP contribution in [0.5, 0.6) is 0 Å². The van der Waals surface area contributed by atoms with Crippen molar-refractivity contribution in [2.24, 2.45) is 0 Å². The third kappa shape index (κ3) is 2.28. The second kappa shape index (κ2) is 5.18. The molecule has 0 aliphatic rings. The van der Waals surface area contributed by atoms with E-state index < -0.39 is 0 Å². The number of halogens is 1. The highest BCUT2D eigenvalue weighted by molar-refractivity contribution is 9.09. The van der Waals surface area contributed by atoms with Gasteiger partial charge in [0.2, 0.25) is 0 Å². The molecule has 1 heteroatoms. The number of hydrogen-bond acceptors (Lipinski definition) is 0. The Hall–Kier alpha value is -1.26. The largest absolute Gasteiger partial charge is 0.0970 e. The Morgan fingerprint density at radius 2 is 1.81 bits per heavy atom. The lowest BCUT2D eigenvalue weighted by molar-refractivity contribution is 1.32. The van der Waals surface area contributed by atoms with Crippen LogP contribution in [0.3, 0.4) is 0 Å². The Kier molecular flexibility index (Phi) is 3.64. The standard InChI is InChI=1S/C15H13Br/c1-12-9-10-13(6-4-5-11-16)15-8-3-2-7-14(12)15/h2-3,7-10H,5,11H2,1H3. The molecule has 0 fully saturated rings. The number of alkyl halides is 1. The Bertz CT molecular complexity index is 558. The zero-order valence-corrected chi connectivity index (χ0v) is 10.8. The van der Waals surface area contributed by atoms with Crippen molar-refractivity contribution in [3.05, 3.63) is 47.5 Å². The van der Waals surface area contributed by atoms with E-state index in [0.29, 0.717) is 0 Å². The Morgan fingerprint density at radius 3 is 2.56 bits per heavy atom. The number of benzene rings is 2. The maximum atomic E-state index is 3.38. The van der Waals surface area contributed by atoms with Crippen molar-refractivity contribution in [1.29, 1.82) is 0 Å². The SMILES string of the molecule is Cc1ccc(C#CCCBr)c2ccccc12. The van der Waals surface area contributed by atoms with Crippen LogP contribution >= 0.6 is 15.9 Å². The van der Waals surface area contributed by atoms with E-state index in [1.54, 1.807) is 0 Å². The second-order valence-corrected chi connectivity index (χ2v) is 4.51. The minimum absolute atomic E-state index is 0.891. The summed E-state index contributed by atoms with van der Waals surface area (Å²) < 4.78 is 0. The number of rotatable bonds is 1. The molecule has 2 aromatic rings. The highest BCUT2D eigenvalue weighted by atomic mass is 79.9. The first-order valence-electron chi connectivity index (χ1n) is 5.36. The first-order valence-corrected chi connectivity index (χ1v) is 6.48. The summed E-state index contributed by atoms with van der Waals surface area (Å²) in [5.41, 5.74) is 2.43. The van der Waals surface area contributed by atoms with Crippen LogP contribution in [0.4, 0.5) is 0 Å². The van der Waals surface area contributed by atoms with Crippen molar-refractivity contribution in [3.8, 4) is 11.8 Å². The van der Waals surface area contributed by atoms with Crippen LogP contribution in [0.25, 0.3) is 10.8 Å². The molecular weight excluding hydrogens is 260 g/mol. The minimum Gasteiger partial charge on any atom is -0.0970 e. The fourth-order valence-corrected chi connectivity index (χ4v) is 1.96. The van der Waals surface area contributed by atoms with E-state index in [1.807, 2.05) is 0 Å². The smallest absolute Gasteiger partial charge is 0.0323 e. The predicted octanol–water partition coefficient (Wildman–Crippen LogP) is 4.28. The van der Waals surface area contributed by atoms with Gasteiger partial charge >= 0.3 is 0 Å². The summed E-state index contributed by atoms with van der Waals surface area (Å²) in [5, 5.41) is 3.49. The molecule has 0 bridgehead atoms. The van der Waals surface area contributed by atoms with Gasteiger partial charge < -0.3 is 0 Å². The number of fused-ring (bicyclic) bond motifs is 1. The van der Waals surface area contributed by atoms with Crippen molar-refractivity contribution in [3.63, 3.8) is 0 Å². The monoisotopic (exact) mass is 272 g/mol. The van der Waals surface area contributed by atoms with E-state index in [1.165, 1.54) is 16.3 Å². The molecule has 0 amide bonds. The molecule has 2 aromatic carbocycles. The topological polar surface area (TPSA) is 0 Å². The minimum atomic E-state index is 0.891. The maximum absolute atomic E-state index is 3.38. The molecule has 0 N–H and O–H groups in total. The van der Waals surface area contributed by atoms with Crippen molar-refractivity contribution in [2.45, 2.75) is 13.3 Å². The lowest BCUT2D eigenvalue weighted by Gasteiger charge is -2.03. The molecule has 0 heterocycles. The summed E-state index contributed by atoms with van der Waals surface area (Å²) in [7, 11) is 0. The third-order valence-electron chi connectivity index (χ3n) is 2.58. The van der Waals surface area contributed by atoms with Crippen LogP contribution in [0.1, 0.15) is 17.5 Å². The van der Waals surface area contributed by atoms with Gasteiger partial charge in [0.1, 0.15) is 0 Å². The molecule has 0 saturated carbocycles. The van der Waals surface area contributed by atoms with Crippen molar-refractivity contribution >= 4 is 26.7 Å². The van der Waals surface area contributed by atoms with Gasteiger partial charge in [-0.2, -0.15) is 0 Å². The molecule has 0 aliphatic carbocycles. The summed E-state index contributed by atoms with van der Waals surface area (Å²) >= 11 is 3.38. The first-order chi connectivity index (χ1) is 7.83. The molecule has 0 saturated heterocycles. The first kappa shape index (κ1) is 11.2. The Balaban J connectivity index is 2.56. The highest BCUT2D eigenvalue weighted by Gasteiger charge is 1.99. The lowest BCUT2D eigenvalue weighted by Crippen LogP contribution is -1.83. The molecule has 0 nitrogen and oxygen atoms in total. The zero-order chi connectivity index (χ0) is 11.4. The summed E-state index contributed by atoms with van der Waals surface area (Å²) in [6.45, 7) is 2.14. The Labute approximate surface area is 105 Å². The fourth-order valence-electron chi connectivity index (χ4n) is 1.76. The summed E-state index contributed by atoms with van der Waals surface area (Å²) in [5.74, 6) is 6.40. The molecule has 0 spiro atoms. The molecule has 0 radical (unpaired) electrons. The second-order valence-electron chi connectivity index (χ2n) is 3.72. The van der Waals surface area contributed by atoms with Gasteiger partial charge in [-0.1, -0.05) is 58.1 Å². The molecular formula is C15H13Br. The third-order valence-corrected chi connectivity index (χ3v) is 2.98. The summed E-state index contributed by atoms with van der Waals surface area (Å²) in [4.78, 5) is 0. The molecule has 0 atom stereocenters. The van der Waals surface area contributed by atoms with E-state index in [9.17, 15) is 0 Å². The van der Waals surface area contributed by atoms with Crippen LogP contribution < -0.4 is 0 Å². The Morgan fingerprint density at radius 1 is 1.06 bits per heavy atom. The molecule has 80 valence electrons. The quantitative estimate of drug-likeness (QED) is 0.537. The van der Waals surface area contributed by atoms with Crippen LogP contribution in [-0.4, -0.2) is 5.33 Å². The van der Waals surface area contributed by atoms with E-state index in [-0.39, 0.29) is 0 Å². The highest BCUT2D eigenvalue weighted by Crippen LogP contribution is 2.21. The maximum Gasteiger partial charge on any atom is 0.0323 e. The summed E-state index contributed by atoms with van der Waals surface area (Å²) in [6, 6.07) is 12.7. The van der Waals surface area contributed by atoms with Gasteiger partial charge in [-0.3, -0.25) is 0 Å². The van der Waals surface area contributed by atoms with E-state index in [2.05, 4.69) is 71.1 Å². The molecule has 2 rings (SSSR count). The van der Waals surface area contributed by atoms with Crippen molar-refractivity contribution in [1.82, 2.24) is 0 Å². The van der Waals surface area contributed by atoms with E-state index in [4.69, 9.17) is 0 Å². The fraction of sp³-hybridized carbons (Fsp3) is 0.200. The molecule has 0 unspecified atom stereocenters. The van der Waals surface area contributed by atoms with Crippen LogP contribution in [-0.2, 0) is 0 Å². The van der Waals surface area contributed by atoms with E-state index in [0.717, 1.165) is 17.3 Å². The molecule has 16 heavy (non-hydrogen) atoms. The average Bonchev–Trinajstić information content (AvgIpc) is 2.33. The predicted molar refractivity (Wildman–Crippen MR) is 74.0 cm³/mol. The number of hydrogen-bond donors (Lipinski definition) is 0. The summed E-state index contributed by atoms with van der Waals surface area (Å²) in [6.07, 6.45) is 0.891. The van der Waals surface area contributed by atoms with Gasteiger partial charge in [-0.15, -0.1) is 0 Å². The number of aryl methyl sites for hydroxylation is 1. The van der Waals surface area contributed by atoms with Crippen LogP contribution in [0, 0.1) is 18.8 Å². The van der Waals surface area contributed by atoms with E-state index >= 15 is 0 Å². The van der Waals surface area contributed by atoms with Crippen LogP contribution in [0.2, 0.25) is 0 Å². The zero-order valence-electron chi connectivity index (χ0n) is 9.26. The van der Waals surface area contributed by atoms with Gasteiger partial charge in [0.25, 0.3) is 0 Å². The molecule has 0 aliphatic heterocycles. The van der Waals surface area contributed by atoms with Gasteiger partial charge in [0.05, 0.1) is 0 Å².